The number of aromatic nitrogens is 3. The number of carbonyl (C=O) groups excluding carboxylic acids is 1. The summed E-state index contributed by atoms with van der Waals surface area (Å²) in [4.78, 5) is 15.8. The van der Waals surface area contributed by atoms with Gasteiger partial charge in [-0.15, -0.1) is 0 Å². The van der Waals surface area contributed by atoms with Crippen LogP contribution in [0.15, 0.2) is 18.5 Å². The highest BCUT2D eigenvalue weighted by atomic mass is 16.7. The van der Waals surface area contributed by atoms with Crippen LogP contribution in [0.2, 0.25) is 0 Å². The predicted octanol–water partition coefficient (Wildman–Crippen LogP) is 0.758. The van der Waals surface area contributed by atoms with Crippen molar-refractivity contribution < 1.29 is 28.8 Å². The van der Waals surface area contributed by atoms with Gasteiger partial charge in [-0.2, -0.15) is 10.4 Å². The number of carbonyl (C=O) groups is 1. The highest BCUT2D eigenvalue weighted by Crippen LogP contribution is 2.40. The number of hydrogen-bond acceptors (Lipinski definition) is 10. The Morgan fingerprint density at radius 2 is 2.31 bits per heavy atom. The van der Waals surface area contributed by atoms with Gasteiger partial charge in [0.25, 0.3) is 0 Å². The van der Waals surface area contributed by atoms with Crippen LogP contribution in [0.25, 0.3) is 5.52 Å². The van der Waals surface area contributed by atoms with Crippen molar-refractivity contribution in [2.45, 2.75) is 43.7 Å². The van der Waals surface area contributed by atoms with Gasteiger partial charge in [0.15, 0.2) is 5.82 Å². The molecule has 0 radical (unpaired) electrons. The number of aliphatic hydroxyl groups is 1. The maximum Gasteiger partial charge on any atom is 0.508 e. The second-order valence-corrected chi connectivity index (χ2v) is 7.36. The number of ether oxygens (including phenoxy) is 4. The highest BCUT2D eigenvalue weighted by Gasteiger charge is 2.52. The zero-order chi connectivity index (χ0) is 21.2. The van der Waals surface area contributed by atoms with Crippen molar-refractivity contribution in [3.8, 4) is 6.07 Å². The Morgan fingerprint density at radius 3 is 3.00 bits per heavy atom. The largest absolute Gasteiger partial charge is 0.508 e. The van der Waals surface area contributed by atoms with Gasteiger partial charge < -0.3 is 29.8 Å². The fraction of sp³-hybridized carbons (Fsp3) is 0.556. The van der Waals surface area contributed by atoms with E-state index >= 15 is 0 Å². The van der Waals surface area contributed by atoms with Gasteiger partial charge in [-0.25, -0.2) is 14.3 Å². The second kappa shape index (κ2) is 7.82. The van der Waals surface area contributed by atoms with E-state index in [-0.39, 0.29) is 25.5 Å². The summed E-state index contributed by atoms with van der Waals surface area (Å²) < 4.78 is 22.5. The molecule has 156 valence electrons. The van der Waals surface area contributed by atoms with Gasteiger partial charge in [-0.05, 0) is 26.0 Å². The topological polar surface area (TPSA) is 154 Å². The summed E-state index contributed by atoms with van der Waals surface area (Å²) in [6.07, 6.45) is -1.45. The summed E-state index contributed by atoms with van der Waals surface area (Å²) in [6.45, 7) is 3.37. The molecule has 2 aromatic heterocycles. The zero-order valence-electron chi connectivity index (χ0n) is 16.4. The number of methoxy groups -OCH3 is 1. The summed E-state index contributed by atoms with van der Waals surface area (Å²) in [5.74, 6) is 0.230. The molecule has 3 N–H and O–H groups in total. The van der Waals surface area contributed by atoms with Crippen molar-refractivity contribution in [1.82, 2.24) is 14.6 Å². The SMILES string of the molecule is COCC(C)(C)OC(=O)OC[C@@H]1C[C@@H](O)[C@](C#N)(c2ccc3c(N)ncnn23)O1. The molecule has 0 aromatic carbocycles. The van der Waals surface area contributed by atoms with Crippen LogP contribution in [-0.4, -0.2) is 64.0 Å². The molecular formula is C18H23N5O6. The van der Waals surface area contributed by atoms with Crippen LogP contribution in [0.3, 0.4) is 0 Å². The third-order valence-corrected chi connectivity index (χ3v) is 4.58. The van der Waals surface area contributed by atoms with Crippen molar-refractivity contribution in [3.63, 3.8) is 0 Å². The molecule has 0 unspecified atom stereocenters. The maximum absolute atomic E-state index is 11.9. The smallest absolute Gasteiger partial charge is 0.432 e. The first-order chi connectivity index (χ1) is 13.7. The van der Waals surface area contributed by atoms with E-state index < -0.39 is 29.6 Å². The minimum Gasteiger partial charge on any atom is -0.432 e. The molecule has 3 heterocycles. The molecule has 0 saturated carbocycles. The lowest BCUT2D eigenvalue weighted by molar-refractivity contribution is -0.0845. The Morgan fingerprint density at radius 1 is 1.55 bits per heavy atom. The summed E-state index contributed by atoms with van der Waals surface area (Å²) in [6, 6.07) is 5.26. The number of nitrogens with two attached hydrogens (primary N) is 1. The lowest BCUT2D eigenvalue weighted by Gasteiger charge is -2.25. The third-order valence-electron chi connectivity index (χ3n) is 4.58. The van der Waals surface area contributed by atoms with Gasteiger partial charge in [-0.1, -0.05) is 0 Å². The van der Waals surface area contributed by atoms with E-state index in [1.807, 2.05) is 6.07 Å². The van der Waals surface area contributed by atoms with Crippen molar-refractivity contribution in [3.05, 3.63) is 24.2 Å². The van der Waals surface area contributed by atoms with Crippen LogP contribution in [0, 0.1) is 11.3 Å². The lowest BCUT2D eigenvalue weighted by atomic mass is 9.94. The van der Waals surface area contributed by atoms with Crippen LogP contribution in [0.5, 0.6) is 0 Å². The standard InChI is InChI=1S/C18H23N5O6/c1-17(2,9-26-3)29-16(25)27-7-11-6-14(24)18(8-19,28-11)13-5-4-12-15(20)21-10-22-23(12)13/h4-5,10-11,14,24H,6-7,9H2,1-3H3,(H2,20,21,22)/t11-,14+,18-/m0/s1. The Hall–Kier alpha value is -2.94. The van der Waals surface area contributed by atoms with Gasteiger partial charge in [-0.3, -0.25) is 0 Å². The van der Waals surface area contributed by atoms with Crippen LogP contribution in [0.4, 0.5) is 10.6 Å². The quantitative estimate of drug-likeness (QED) is 0.658. The van der Waals surface area contributed by atoms with Crippen molar-refractivity contribution in [2.24, 2.45) is 0 Å². The monoisotopic (exact) mass is 405 g/mol. The minimum atomic E-state index is -1.69. The molecule has 1 aliphatic rings. The van der Waals surface area contributed by atoms with E-state index in [9.17, 15) is 15.2 Å². The molecule has 0 aliphatic carbocycles. The molecule has 11 heteroatoms. The van der Waals surface area contributed by atoms with Crippen LogP contribution in [-0.2, 0) is 24.5 Å². The number of nitrogen functional groups attached to an aromatic ring is 1. The average molecular weight is 405 g/mol. The summed E-state index contributed by atoms with van der Waals surface area (Å²) >= 11 is 0. The first-order valence-electron chi connectivity index (χ1n) is 8.93. The zero-order valence-corrected chi connectivity index (χ0v) is 16.4. The number of fused-ring (bicyclic) bond motifs is 1. The fourth-order valence-corrected chi connectivity index (χ4v) is 3.32. The van der Waals surface area contributed by atoms with Gasteiger partial charge in [0.1, 0.15) is 36.2 Å². The molecule has 0 bridgehead atoms. The molecule has 3 atom stereocenters. The normalized spacial score (nSPS) is 24.4. The summed E-state index contributed by atoms with van der Waals surface area (Å²) in [5, 5.41) is 24.5. The molecule has 29 heavy (non-hydrogen) atoms. The van der Waals surface area contributed by atoms with E-state index in [1.54, 1.807) is 26.0 Å². The Bertz CT molecular complexity index is 938. The first-order valence-corrected chi connectivity index (χ1v) is 8.93. The number of nitriles is 1. The van der Waals surface area contributed by atoms with Crippen LogP contribution >= 0.6 is 0 Å². The molecule has 2 aromatic rings. The number of anilines is 1. The van der Waals surface area contributed by atoms with Crippen molar-refractivity contribution in [2.75, 3.05) is 26.1 Å². The number of rotatable bonds is 6. The highest BCUT2D eigenvalue weighted by molar-refractivity contribution is 5.66. The van der Waals surface area contributed by atoms with Crippen molar-refractivity contribution in [1.29, 1.82) is 5.26 Å². The molecule has 1 aliphatic heterocycles. The fourth-order valence-electron chi connectivity index (χ4n) is 3.32. The van der Waals surface area contributed by atoms with E-state index in [2.05, 4.69) is 10.1 Å². The first kappa shape index (κ1) is 20.8. The summed E-state index contributed by atoms with van der Waals surface area (Å²) in [7, 11) is 1.50. The number of nitrogens with zero attached hydrogens (tertiary/aromatic N) is 4. The second-order valence-electron chi connectivity index (χ2n) is 7.36. The van der Waals surface area contributed by atoms with Gasteiger partial charge >= 0.3 is 6.16 Å². The average Bonchev–Trinajstić information content (AvgIpc) is 3.22. The van der Waals surface area contributed by atoms with E-state index in [0.29, 0.717) is 11.2 Å². The minimum absolute atomic E-state index is 0.0795. The number of aliphatic hydroxyl groups excluding tert-OH is 1. The molecule has 0 amide bonds. The molecule has 1 saturated heterocycles. The third kappa shape index (κ3) is 3.95. The van der Waals surface area contributed by atoms with E-state index in [4.69, 9.17) is 24.7 Å². The molecular weight excluding hydrogens is 382 g/mol. The Kier molecular flexibility index (Phi) is 5.61. The maximum atomic E-state index is 11.9. The van der Waals surface area contributed by atoms with Crippen molar-refractivity contribution >= 4 is 17.5 Å². The van der Waals surface area contributed by atoms with Crippen LogP contribution < -0.4 is 5.73 Å². The predicted molar refractivity (Wildman–Crippen MR) is 98.6 cm³/mol. The van der Waals surface area contributed by atoms with E-state index in [0.717, 1.165) is 0 Å². The number of hydrogen-bond donors (Lipinski definition) is 2. The van der Waals surface area contributed by atoms with Gasteiger partial charge in [0.05, 0.1) is 18.4 Å². The Labute approximate surface area is 166 Å². The van der Waals surface area contributed by atoms with E-state index in [1.165, 1.54) is 18.0 Å². The van der Waals surface area contributed by atoms with Crippen LogP contribution in [0.1, 0.15) is 26.0 Å². The summed E-state index contributed by atoms with van der Waals surface area (Å²) in [5.41, 5.74) is 4.07. The Balaban J connectivity index is 1.73. The molecule has 0 spiro atoms. The lowest BCUT2D eigenvalue weighted by Crippen LogP contribution is -2.37. The van der Waals surface area contributed by atoms with Gasteiger partial charge in [0.2, 0.25) is 5.60 Å². The van der Waals surface area contributed by atoms with Gasteiger partial charge in [0, 0.05) is 13.5 Å². The molecule has 11 nitrogen and oxygen atoms in total. The molecule has 3 rings (SSSR count). The molecule has 1 fully saturated rings.